The summed E-state index contributed by atoms with van der Waals surface area (Å²) in [6, 6.07) is 6.85. The second kappa shape index (κ2) is 7.04. The maximum atomic E-state index is 12.4. The molecule has 1 fully saturated rings. The number of nitrogens with zero attached hydrogens (tertiary/aromatic N) is 1. The number of hydrogen-bond acceptors (Lipinski definition) is 3. The summed E-state index contributed by atoms with van der Waals surface area (Å²) in [6.07, 6.45) is 4.42. The van der Waals surface area contributed by atoms with Crippen molar-refractivity contribution in [3.05, 3.63) is 41.5 Å². The minimum absolute atomic E-state index is 0.0399. The molecule has 1 atom stereocenters. The Labute approximate surface area is 123 Å². The molecule has 2 N–H and O–H groups in total. The van der Waals surface area contributed by atoms with Gasteiger partial charge >= 0.3 is 5.97 Å². The quantitative estimate of drug-likeness (QED) is 0.826. The number of carbonyl (C=O) groups is 2. The average molecular weight is 289 g/mol. The molecule has 21 heavy (non-hydrogen) atoms. The second-order valence-electron chi connectivity index (χ2n) is 5.24. The number of hydrogen-bond donors (Lipinski definition) is 2. The molecule has 0 radical (unpaired) electrons. The summed E-state index contributed by atoms with van der Waals surface area (Å²) in [6.45, 7) is 1.43. The lowest BCUT2D eigenvalue weighted by atomic mass is 9.98. The van der Waals surface area contributed by atoms with Gasteiger partial charge in [0, 0.05) is 31.3 Å². The number of likely N-dealkylation sites (tertiary alicyclic amines) is 1. The van der Waals surface area contributed by atoms with Crippen molar-refractivity contribution in [2.24, 2.45) is 5.92 Å². The lowest BCUT2D eigenvalue weighted by Gasteiger charge is -2.31. The molecule has 0 aliphatic carbocycles. The van der Waals surface area contributed by atoms with E-state index in [-0.39, 0.29) is 18.4 Å². The predicted molar refractivity (Wildman–Crippen MR) is 78.8 cm³/mol. The van der Waals surface area contributed by atoms with Crippen LogP contribution in [0.25, 0.3) is 6.08 Å². The van der Waals surface area contributed by atoms with Crippen LogP contribution in [0, 0.1) is 5.92 Å². The van der Waals surface area contributed by atoms with Crippen molar-refractivity contribution in [2.75, 3.05) is 19.7 Å². The molecule has 1 aliphatic rings. The summed E-state index contributed by atoms with van der Waals surface area (Å²) in [4.78, 5) is 24.6. The van der Waals surface area contributed by atoms with E-state index >= 15 is 0 Å². The predicted octanol–water partition coefficient (Wildman–Crippen LogP) is 1.63. The Bertz CT molecular complexity index is 536. The van der Waals surface area contributed by atoms with Crippen LogP contribution in [0.4, 0.5) is 0 Å². The smallest absolute Gasteiger partial charge is 0.328 e. The zero-order valence-electron chi connectivity index (χ0n) is 11.7. The van der Waals surface area contributed by atoms with Crippen molar-refractivity contribution in [2.45, 2.75) is 12.8 Å². The first-order valence-corrected chi connectivity index (χ1v) is 7.01. The number of aliphatic hydroxyl groups is 1. The van der Waals surface area contributed by atoms with Gasteiger partial charge in [-0.2, -0.15) is 0 Å². The molecule has 1 aromatic rings. The molecule has 112 valence electrons. The van der Waals surface area contributed by atoms with Crippen LogP contribution in [0.2, 0.25) is 0 Å². The highest BCUT2D eigenvalue weighted by molar-refractivity contribution is 5.94. The number of piperidine rings is 1. The van der Waals surface area contributed by atoms with Gasteiger partial charge in [0.05, 0.1) is 0 Å². The van der Waals surface area contributed by atoms with Gasteiger partial charge in [0.15, 0.2) is 0 Å². The van der Waals surface area contributed by atoms with E-state index in [4.69, 9.17) is 5.11 Å². The van der Waals surface area contributed by atoms with Crippen molar-refractivity contribution >= 4 is 18.0 Å². The topological polar surface area (TPSA) is 77.8 Å². The molecule has 0 bridgehead atoms. The highest BCUT2D eigenvalue weighted by Crippen LogP contribution is 2.18. The summed E-state index contributed by atoms with van der Waals surface area (Å²) < 4.78 is 0. The third-order valence-corrected chi connectivity index (χ3v) is 3.64. The standard InChI is InChI=1S/C16H19NO4/c18-11-13-2-1-9-17(10-13)16(21)14-6-3-12(4-7-14)5-8-15(19)20/h3-8,13,18H,1-2,9-11H2,(H,19,20). The zero-order valence-corrected chi connectivity index (χ0v) is 11.7. The summed E-state index contributed by atoms with van der Waals surface area (Å²) in [5, 5.41) is 17.8. The van der Waals surface area contributed by atoms with Crippen molar-refractivity contribution in [1.82, 2.24) is 4.90 Å². The second-order valence-corrected chi connectivity index (χ2v) is 5.24. The molecular formula is C16H19NO4. The Morgan fingerprint density at radius 1 is 1.29 bits per heavy atom. The lowest BCUT2D eigenvalue weighted by Crippen LogP contribution is -2.40. The zero-order chi connectivity index (χ0) is 15.2. The molecular weight excluding hydrogens is 270 g/mol. The first kappa shape index (κ1) is 15.3. The van der Waals surface area contributed by atoms with Gasteiger partial charge in [0.25, 0.3) is 5.91 Å². The van der Waals surface area contributed by atoms with Crippen LogP contribution in [-0.2, 0) is 4.79 Å². The van der Waals surface area contributed by atoms with Crippen molar-refractivity contribution < 1.29 is 19.8 Å². The Kier molecular flexibility index (Phi) is 5.11. The summed E-state index contributed by atoms with van der Waals surface area (Å²) >= 11 is 0. The van der Waals surface area contributed by atoms with E-state index in [1.165, 1.54) is 6.08 Å². The van der Waals surface area contributed by atoms with Crippen LogP contribution >= 0.6 is 0 Å². The molecule has 5 heteroatoms. The van der Waals surface area contributed by atoms with Crippen LogP contribution in [0.3, 0.4) is 0 Å². The Hall–Kier alpha value is -2.14. The Morgan fingerprint density at radius 3 is 2.62 bits per heavy atom. The Balaban J connectivity index is 2.04. The molecule has 2 rings (SSSR count). The van der Waals surface area contributed by atoms with Crippen LogP contribution in [0.1, 0.15) is 28.8 Å². The number of amides is 1. The number of rotatable bonds is 4. The van der Waals surface area contributed by atoms with E-state index in [1.54, 1.807) is 29.2 Å². The van der Waals surface area contributed by atoms with Gasteiger partial charge in [-0.1, -0.05) is 12.1 Å². The molecule has 5 nitrogen and oxygen atoms in total. The number of benzene rings is 1. The summed E-state index contributed by atoms with van der Waals surface area (Å²) in [7, 11) is 0. The fourth-order valence-corrected chi connectivity index (χ4v) is 2.49. The SMILES string of the molecule is O=C(O)C=Cc1ccc(C(=O)N2CCCC(CO)C2)cc1. The summed E-state index contributed by atoms with van der Waals surface area (Å²) in [5.74, 6) is -0.874. The van der Waals surface area contributed by atoms with E-state index in [0.29, 0.717) is 12.1 Å². The number of aliphatic hydroxyl groups excluding tert-OH is 1. The molecule has 0 saturated carbocycles. The van der Waals surface area contributed by atoms with Gasteiger partial charge in [-0.25, -0.2) is 4.79 Å². The van der Waals surface area contributed by atoms with Gasteiger partial charge in [0.1, 0.15) is 0 Å². The summed E-state index contributed by atoms with van der Waals surface area (Å²) in [5.41, 5.74) is 1.32. The van der Waals surface area contributed by atoms with Gasteiger partial charge in [-0.05, 0) is 42.5 Å². The molecule has 1 aliphatic heterocycles. The number of carboxylic acid groups (broad SMARTS) is 1. The van der Waals surface area contributed by atoms with Gasteiger partial charge in [-0.3, -0.25) is 4.79 Å². The highest BCUT2D eigenvalue weighted by Gasteiger charge is 2.23. The molecule has 1 unspecified atom stereocenters. The fraction of sp³-hybridized carbons (Fsp3) is 0.375. The van der Waals surface area contributed by atoms with Crippen molar-refractivity contribution in [3.63, 3.8) is 0 Å². The normalized spacial score (nSPS) is 18.9. The fourth-order valence-electron chi connectivity index (χ4n) is 2.49. The highest BCUT2D eigenvalue weighted by atomic mass is 16.4. The maximum Gasteiger partial charge on any atom is 0.328 e. The van der Waals surface area contributed by atoms with E-state index in [0.717, 1.165) is 31.0 Å². The number of aliphatic carboxylic acids is 1. The van der Waals surface area contributed by atoms with Crippen LogP contribution in [0.5, 0.6) is 0 Å². The molecule has 0 aromatic heterocycles. The first-order valence-electron chi connectivity index (χ1n) is 7.01. The number of carbonyl (C=O) groups excluding carboxylic acids is 1. The van der Waals surface area contributed by atoms with Gasteiger partial charge < -0.3 is 15.1 Å². The average Bonchev–Trinajstić information content (AvgIpc) is 2.52. The third kappa shape index (κ3) is 4.16. The monoisotopic (exact) mass is 289 g/mol. The van der Waals surface area contributed by atoms with Crippen LogP contribution in [-0.4, -0.2) is 46.7 Å². The van der Waals surface area contributed by atoms with Crippen LogP contribution in [0.15, 0.2) is 30.3 Å². The lowest BCUT2D eigenvalue weighted by molar-refractivity contribution is -0.131. The van der Waals surface area contributed by atoms with Crippen molar-refractivity contribution in [3.8, 4) is 0 Å². The maximum absolute atomic E-state index is 12.4. The van der Waals surface area contributed by atoms with E-state index in [1.807, 2.05) is 0 Å². The van der Waals surface area contributed by atoms with Crippen LogP contribution < -0.4 is 0 Å². The molecule has 1 aromatic carbocycles. The molecule has 1 amide bonds. The van der Waals surface area contributed by atoms with E-state index < -0.39 is 5.97 Å². The first-order chi connectivity index (χ1) is 10.1. The third-order valence-electron chi connectivity index (χ3n) is 3.64. The minimum atomic E-state index is -1.00. The molecule has 1 heterocycles. The largest absolute Gasteiger partial charge is 0.478 e. The van der Waals surface area contributed by atoms with E-state index in [2.05, 4.69) is 0 Å². The molecule has 0 spiro atoms. The van der Waals surface area contributed by atoms with Crippen molar-refractivity contribution in [1.29, 1.82) is 0 Å². The minimum Gasteiger partial charge on any atom is -0.478 e. The molecule has 1 saturated heterocycles. The van der Waals surface area contributed by atoms with Gasteiger partial charge in [-0.15, -0.1) is 0 Å². The number of carboxylic acids is 1. The Morgan fingerprint density at radius 2 is 2.00 bits per heavy atom. The van der Waals surface area contributed by atoms with E-state index in [9.17, 15) is 14.7 Å². The van der Waals surface area contributed by atoms with Gasteiger partial charge in [0.2, 0.25) is 0 Å².